The minimum absolute atomic E-state index is 0.0747. The number of hydrogen-bond acceptors (Lipinski definition) is 3. The van der Waals surface area contributed by atoms with Crippen molar-refractivity contribution in [2.45, 2.75) is 12.5 Å². The second kappa shape index (κ2) is 7.77. The summed E-state index contributed by atoms with van der Waals surface area (Å²) in [5, 5.41) is 3.23. The van der Waals surface area contributed by atoms with Gasteiger partial charge >= 0.3 is 12.0 Å². The van der Waals surface area contributed by atoms with Gasteiger partial charge in [-0.15, -0.1) is 0 Å². The lowest BCUT2D eigenvalue weighted by molar-refractivity contribution is -0.143. The number of carbonyl (C=O) groups is 2. The standard InChI is InChI=1S/C13H14Cl2N2O3/c1-8(14)7-20-12(18)6-11(17-13(16)19)9-2-4-10(15)5-3-9/h2-5,11H,1,6-7H2,(H3,16,17,19)/t11-/m1/s1. The van der Waals surface area contributed by atoms with Crippen LogP contribution in [0.25, 0.3) is 0 Å². The van der Waals surface area contributed by atoms with E-state index in [9.17, 15) is 9.59 Å². The molecule has 0 aliphatic heterocycles. The van der Waals surface area contributed by atoms with Gasteiger partial charge in [0.25, 0.3) is 0 Å². The number of amides is 2. The maximum atomic E-state index is 11.6. The van der Waals surface area contributed by atoms with Gasteiger partial charge in [0, 0.05) is 10.1 Å². The van der Waals surface area contributed by atoms with Crippen molar-refractivity contribution in [2.75, 3.05) is 6.61 Å². The molecule has 0 aliphatic rings. The fourth-order valence-electron chi connectivity index (χ4n) is 1.50. The minimum Gasteiger partial charge on any atom is -0.460 e. The molecule has 1 aromatic carbocycles. The van der Waals surface area contributed by atoms with Crippen LogP contribution in [0.2, 0.25) is 5.02 Å². The van der Waals surface area contributed by atoms with Crippen molar-refractivity contribution in [1.82, 2.24) is 5.32 Å². The predicted molar refractivity (Wildman–Crippen MR) is 77.5 cm³/mol. The molecule has 0 unspecified atom stereocenters. The number of ether oxygens (including phenoxy) is 1. The highest BCUT2D eigenvalue weighted by molar-refractivity contribution is 6.30. The van der Waals surface area contributed by atoms with Crippen LogP contribution < -0.4 is 11.1 Å². The number of primary amides is 1. The van der Waals surface area contributed by atoms with E-state index in [4.69, 9.17) is 33.7 Å². The lowest BCUT2D eigenvalue weighted by atomic mass is 10.0. The molecule has 1 rings (SSSR count). The zero-order valence-electron chi connectivity index (χ0n) is 10.6. The third-order valence-corrected chi connectivity index (χ3v) is 2.71. The molecule has 0 heterocycles. The molecule has 0 radical (unpaired) electrons. The smallest absolute Gasteiger partial charge is 0.312 e. The Labute approximate surface area is 126 Å². The Morgan fingerprint density at radius 3 is 2.45 bits per heavy atom. The topological polar surface area (TPSA) is 81.4 Å². The van der Waals surface area contributed by atoms with Crippen LogP contribution in [0, 0.1) is 0 Å². The molecule has 5 nitrogen and oxygen atoms in total. The van der Waals surface area contributed by atoms with Crippen LogP contribution in [0.3, 0.4) is 0 Å². The molecule has 0 fully saturated rings. The predicted octanol–water partition coefficient (Wildman–Crippen LogP) is 2.74. The van der Waals surface area contributed by atoms with E-state index < -0.39 is 18.0 Å². The van der Waals surface area contributed by atoms with Crippen LogP contribution in [-0.4, -0.2) is 18.6 Å². The van der Waals surface area contributed by atoms with Crippen LogP contribution in [0.15, 0.2) is 35.9 Å². The van der Waals surface area contributed by atoms with Gasteiger partial charge in [0.15, 0.2) is 0 Å². The summed E-state index contributed by atoms with van der Waals surface area (Å²) in [5.74, 6) is -0.527. The van der Waals surface area contributed by atoms with E-state index in [0.717, 1.165) is 0 Å². The number of rotatable bonds is 6. The van der Waals surface area contributed by atoms with E-state index in [-0.39, 0.29) is 18.1 Å². The average Bonchev–Trinajstić information content (AvgIpc) is 2.36. The minimum atomic E-state index is -0.737. The van der Waals surface area contributed by atoms with Gasteiger partial charge in [-0.05, 0) is 17.7 Å². The number of urea groups is 1. The Balaban J connectivity index is 2.74. The summed E-state index contributed by atoms with van der Waals surface area (Å²) >= 11 is 11.3. The molecule has 1 aromatic rings. The molecular formula is C13H14Cl2N2O3. The summed E-state index contributed by atoms with van der Waals surface area (Å²) in [7, 11) is 0. The second-order valence-corrected chi connectivity index (χ2v) is 4.97. The fourth-order valence-corrected chi connectivity index (χ4v) is 1.68. The zero-order chi connectivity index (χ0) is 15.1. The molecule has 0 spiro atoms. The summed E-state index contributed by atoms with van der Waals surface area (Å²) < 4.78 is 4.87. The second-order valence-electron chi connectivity index (χ2n) is 3.99. The monoisotopic (exact) mass is 316 g/mol. The van der Waals surface area contributed by atoms with Crippen molar-refractivity contribution in [3.8, 4) is 0 Å². The molecule has 20 heavy (non-hydrogen) atoms. The fraction of sp³-hybridized carbons (Fsp3) is 0.231. The summed E-state index contributed by atoms with van der Waals surface area (Å²) in [6, 6.07) is 5.35. The Hall–Kier alpha value is -1.72. The van der Waals surface area contributed by atoms with Crippen molar-refractivity contribution in [3.63, 3.8) is 0 Å². The quantitative estimate of drug-likeness (QED) is 0.792. The number of halogens is 2. The molecule has 0 bridgehead atoms. The Bertz CT molecular complexity index is 503. The van der Waals surface area contributed by atoms with E-state index in [2.05, 4.69) is 11.9 Å². The molecule has 3 N–H and O–H groups in total. The largest absolute Gasteiger partial charge is 0.460 e. The maximum Gasteiger partial charge on any atom is 0.312 e. The SMILES string of the molecule is C=C(Cl)COC(=O)C[C@@H](NC(N)=O)c1ccc(Cl)cc1. The first-order chi connectivity index (χ1) is 9.38. The number of hydrogen-bond donors (Lipinski definition) is 2. The van der Waals surface area contributed by atoms with Gasteiger partial charge in [0.2, 0.25) is 0 Å². The summed E-state index contributed by atoms with van der Waals surface area (Å²) in [5.41, 5.74) is 5.78. The van der Waals surface area contributed by atoms with Gasteiger partial charge in [0.1, 0.15) is 6.61 Å². The molecule has 7 heteroatoms. The Morgan fingerprint density at radius 2 is 1.95 bits per heavy atom. The maximum absolute atomic E-state index is 11.6. The van der Waals surface area contributed by atoms with Crippen LogP contribution in [0.5, 0.6) is 0 Å². The molecule has 0 aliphatic carbocycles. The summed E-state index contributed by atoms with van der Waals surface area (Å²) in [6.07, 6.45) is -0.0747. The van der Waals surface area contributed by atoms with Crippen molar-refractivity contribution in [1.29, 1.82) is 0 Å². The molecular weight excluding hydrogens is 303 g/mol. The number of esters is 1. The first-order valence-corrected chi connectivity index (χ1v) is 6.44. The number of carbonyl (C=O) groups excluding carboxylic acids is 2. The Kier molecular flexibility index (Phi) is 6.35. The highest BCUT2D eigenvalue weighted by atomic mass is 35.5. The van der Waals surface area contributed by atoms with Crippen LogP contribution >= 0.6 is 23.2 Å². The normalized spacial score (nSPS) is 11.5. The van der Waals surface area contributed by atoms with Gasteiger partial charge < -0.3 is 15.8 Å². The molecule has 0 saturated carbocycles. The van der Waals surface area contributed by atoms with Gasteiger partial charge in [-0.25, -0.2) is 4.79 Å². The third-order valence-electron chi connectivity index (χ3n) is 2.35. The molecule has 0 saturated heterocycles. The Morgan fingerprint density at radius 1 is 1.35 bits per heavy atom. The molecule has 108 valence electrons. The van der Waals surface area contributed by atoms with Crippen LogP contribution in [-0.2, 0) is 9.53 Å². The number of benzene rings is 1. The van der Waals surface area contributed by atoms with Crippen molar-refractivity contribution >= 4 is 35.2 Å². The van der Waals surface area contributed by atoms with Gasteiger partial charge in [-0.1, -0.05) is 41.9 Å². The van der Waals surface area contributed by atoms with Crippen LogP contribution in [0.4, 0.5) is 4.79 Å². The van der Waals surface area contributed by atoms with Gasteiger partial charge in [-0.3, -0.25) is 4.79 Å². The number of nitrogens with one attached hydrogen (secondary N) is 1. The molecule has 2 amide bonds. The zero-order valence-corrected chi connectivity index (χ0v) is 12.1. The van der Waals surface area contributed by atoms with E-state index >= 15 is 0 Å². The van der Waals surface area contributed by atoms with Gasteiger partial charge in [-0.2, -0.15) is 0 Å². The highest BCUT2D eigenvalue weighted by Gasteiger charge is 2.18. The average molecular weight is 317 g/mol. The number of nitrogens with two attached hydrogens (primary N) is 1. The summed E-state index contributed by atoms with van der Waals surface area (Å²) in [6.45, 7) is 3.33. The van der Waals surface area contributed by atoms with Gasteiger partial charge in [0.05, 0.1) is 12.5 Å². The van der Waals surface area contributed by atoms with E-state index in [0.29, 0.717) is 10.6 Å². The van der Waals surface area contributed by atoms with E-state index in [1.165, 1.54) is 0 Å². The van der Waals surface area contributed by atoms with Crippen LogP contribution in [0.1, 0.15) is 18.0 Å². The first-order valence-electron chi connectivity index (χ1n) is 5.69. The van der Waals surface area contributed by atoms with Crippen molar-refractivity contribution < 1.29 is 14.3 Å². The first kappa shape index (κ1) is 16.3. The lowest BCUT2D eigenvalue weighted by Gasteiger charge is -2.17. The van der Waals surface area contributed by atoms with Crippen molar-refractivity contribution in [3.05, 3.63) is 46.5 Å². The van der Waals surface area contributed by atoms with Crippen molar-refractivity contribution in [2.24, 2.45) is 5.73 Å². The molecule has 1 atom stereocenters. The van der Waals surface area contributed by atoms with E-state index in [1.54, 1.807) is 24.3 Å². The lowest BCUT2D eigenvalue weighted by Crippen LogP contribution is -2.34. The summed E-state index contributed by atoms with van der Waals surface area (Å²) in [4.78, 5) is 22.6. The van der Waals surface area contributed by atoms with E-state index in [1.807, 2.05) is 0 Å². The third kappa shape index (κ3) is 5.95. The molecule has 0 aromatic heterocycles. The highest BCUT2D eigenvalue weighted by Crippen LogP contribution is 2.20.